The lowest BCUT2D eigenvalue weighted by atomic mass is 10.0. The van der Waals surface area contributed by atoms with Gasteiger partial charge >= 0.3 is 0 Å². The van der Waals surface area contributed by atoms with Gasteiger partial charge in [-0.1, -0.05) is 11.3 Å². The molecule has 0 radical (unpaired) electrons. The van der Waals surface area contributed by atoms with Gasteiger partial charge in [-0.3, -0.25) is 0 Å². The Kier molecular flexibility index (Phi) is 3.41. The molecule has 1 aliphatic heterocycles. The Morgan fingerprint density at radius 3 is 2.72 bits per heavy atom. The van der Waals surface area contributed by atoms with Gasteiger partial charge in [-0.2, -0.15) is 0 Å². The van der Waals surface area contributed by atoms with Crippen molar-refractivity contribution in [2.45, 2.75) is 25.8 Å². The van der Waals surface area contributed by atoms with Crippen molar-refractivity contribution in [3.63, 3.8) is 0 Å². The van der Waals surface area contributed by atoms with Crippen molar-refractivity contribution in [1.82, 2.24) is 25.1 Å². The maximum Gasteiger partial charge on any atom is 0.208 e. The van der Waals surface area contributed by atoms with Gasteiger partial charge in [0.1, 0.15) is 22.8 Å². The van der Waals surface area contributed by atoms with E-state index in [4.69, 9.17) is 0 Å². The molecule has 25 heavy (non-hydrogen) atoms. The van der Waals surface area contributed by atoms with Crippen LogP contribution in [0.2, 0.25) is 0 Å². The summed E-state index contributed by atoms with van der Waals surface area (Å²) < 4.78 is 0. The minimum Gasteiger partial charge on any atom is -0.356 e. The maximum absolute atomic E-state index is 4.55. The molecule has 1 N–H and O–H groups in total. The highest BCUT2D eigenvalue weighted by atomic mass is 32.1. The third-order valence-corrected chi connectivity index (χ3v) is 6.63. The highest BCUT2D eigenvalue weighted by molar-refractivity contribution is 7.15. The Bertz CT molecular complexity index is 889. The fraction of sp³-hybridized carbons (Fsp3) is 0.529. The van der Waals surface area contributed by atoms with Gasteiger partial charge in [0.05, 0.1) is 5.39 Å². The number of anilines is 2. The molecule has 1 saturated carbocycles. The molecule has 4 heterocycles. The van der Waals surface area contributed by atoms with Crippen LogP contribution in [0.4, 0.5) is 10.9 Å². The third kappa shape index (κ3) is 2.47. The minimum absolute atomic E-state index is 0.543. The van der Waals surface area contributed by atoms with E-state index in [0.717, 1.165) is 51.9 Å². The molecule has 3 aromatic heterocycles. The number of nitrogens with zero attached hydrogens (tertiary/aromatic N) is 6. The van der Waals surface area contributed by atoms with Gasteiger partial charge in [0.2, 0.25) is 5.13 Å². The van der Waals surface area contributed by atoms with Gasteiger partial charge < -0.3 is 14.8 Å². The third-order valence-electron chi connectivity index (χ3n) is 5.73. The molecule has 8 heteroatoms. The van der Waals surface area contributed by atoms with Crippen molar-refractivity contribution >= 4 is 33.3 Å². The second-order valence-electron chi connectivity index (χ2n) is 7.20. The van der Waals surface area contributed by atoms with Crippen LogP contribution in [-0.2, 0) is 0 Å². The van der Waals surface area contributed by atoms with Crippen molar-refractivity contribution in [2.75, 3.05) is 29.9 Å². The highest BCUT2D eigenvalue weighted by Gasteiger charge is 2.43. The molecular formula is C17H21N7S. The Morgan fingerprint density at radius 1 is 1.20 bits per heavy atom. The standard InChI is InChI=1S/C17H21N7S/c1-10-21-22-17(25-10)24-7-11-5-13(6-12(11)8-24)23(2)16-14-3-4-18-15(14)19-9-20-16/h3-4,9,11-13H,5-8H2,1-2H3,(H,18,19,20)/t11-,12?,13?/m1/s1. The van der Waals surface area contributed by atoms with E-state index in [2.05, 4.69) is 48.1 Å². The van der Waals surface area contributed by atoms with Gasteiger partial charge in [0, 0.05) is 32.4 Å². The van der Waals surface area contributed by atoms with E-state index >= 15 is 0 Å². The van der Waals surface area contributed by atoms with Gasteiger partial charge in [0.25, 0.3) is 0 Å². The SMILES string of the molecule is Cc1nnc(N2CC3CC(N(C)c4ncnc5[nH]ccc45)C[C@@H]3C2)s1. The van der Waals surface area contributed by atoms with Crippen LogP contribution in [0.25, 0.3) is 11.0 Å². The Morgan fingerprint density at radius 2 is 2.00 bits per heavy atom. The molecule has 2 fully saturated rings. The molecular weight excluding hydrogens is 334 g/mol. The van der Waals surface area contributed by atoms with Crippen LogP contribution >= 0.6 is 11.3 Å². The van der Waals surface area contributed by atoms with Crippen LogP contribution in [0.3, 0.4) is 0 Å². The molecule has 0 amide bonds. The summed E-state index contributed by atoms with van der Waals surface area (Å²) in [6.07, 6.45) is 6.01. The molecule has 3 aromatic rings. The number of hydrogen-bond donors (Lipinski definition) is 1. The maximum atomic E-state index is 4.55. The van der Waals surface area contributed by atoms with Crippen LogP contribution in [-0.4, -0.2) is 51.3 Å². The van der Waals surface area contributed by atoms with Gasteiger partial charge in [0.15, 0.2) is 0 Å². The van der Waals surface area contributed by atoms with Crippen molar-refractivity contribution < 1.29 is 0 Å². The average molecular weight is 355 g/mol. The number of rotatable bonds is 3. The Balaban J connectivity index is 1.32. The van der Waals surface area contributed by atoms with E-state index in [1.165, 1.54) is 12.8 Å². The van der Waals surface area contributed by atoms with Crippen LogP contribution in [0, 0.1) is 18.8 Å². The Labute approximate surface area is 150 Å². The molecule has 7 nitrogen and oxygen atoms in total. The zero-order valence-corrected chi connectivity index (χ0v) is 15.2. The minimum atomic E-state index is 0.543. The van der Waals surface area contributed by atoms with Crippen LogP contribution in [0.5, 0.6) is 0 Å². The summed E-state index contributed by atoms with van der Waals surface area (Å²) >= 11 is 1.70. The van der Waals surface area contributed by atoms with Crippen molar-refractivity contribution in [1.29, 1.82) is 0 Å². The van der Waals surface area contributed by atoms with Crippen molar-refractivity contribution in [3.05, 3.63) is 23.6 Å². The molecule has 5 rings (SSSR count). The predicted molar refractivity (Wildman–Crippen MR) is 99.2 cm³/mol. The molecule has 2 aliphatic rings. The molecule has 130 valence electrons. The van der Waals surface area contributed by atoms with E-state index in [9.17, 15) is 0 Å². The van der Waals surface area contributed by atoms with E-state index in [-0.39, 0.29) is 0 Å². The highest BCUT2D eigenvalue weighted by Crippen LogP contribution is 2.43. The molecule has 1 saturated heterocycles. The lowest BCUT2D eigenvalue weighted by Gasteiger charge is -2.27. The molecule has 0 bridgehead atoms. The number of aryl methyl sites for hydroxylation is 1. The van der Waals surface area contributed by atoms with Gasteiger partial charge in [-0.05, 0) is 37.7 Å². The van der Waals surface area contributed by atoms with E-state index < -0.39 is 0 Å². The zero-order chi connectivity index (χ0) is 17.0. The fourth-order valence-corrected chi connectivity index (χ4v) is 5.17. The number of nitrogens with one attached hydrogen (secondary N) is 1. The number of aromatic nitrogens is 5. The largest absolute Gasteiger partial charge is 0.356 e. The summed E-state index contributed by atoms with van der Waals surface area (Å²) in [5.74, 6) is 2.51. The smallest absolute Gasteiger partial charge is 0.208 e. The topological polar surface area (TPSA) is 73.8 Å². The summed E-state index contributed by atoms with van der Waals surface area (Å²) in [6.45, 7) is 4.23. The molecule has 0 spiro atoms. The predicted octanol–water partition coefficient (Wildman–Crippen LogP) is 2.47. The lowest BCUT2D eigenvalue weighted by Crippen LogP contribution is -2.32. The summed E-state index contributed by atoms with van der Waals surface area (Å²) in [4.78, 5) is 16.8. The van der Waals surface area contributed by atoms with Crippen molar-refractivity contribution in [2.24, 2.45) is 11.8 Å². The molecule has 2 unspecified atom stereocenters. The second-order valence-corrected chi connectivity index (χ2v) is 8.36. The summed E-state index contributed by atoms with van der Waals surface area (Å²) in [5, 5.41) is 11.7. The fourth-order valence-electron chi connectivity index (χ4n) is 4.47. The normalized spacial score (nSPS) is 25.7. The van der Waals surface area contributed by atoms with E-state index in [1.54, 1.807) is 17.7 Å². The number of fused-ring (bicyclic) bond motifs is 2. The first-order valence-corrected chi connectivity index (χ1v) is 9.56. The first-order valence-electron chi connectivity index (χ1n) is 8.75. The molecule has 3 atom stereocenters. The van der Waals surface area contributed by atoms with Crippen LogP contribution in [0.1, 0.15) is 17.8 Å². The Hall–Kier alpha value is -2.22. The van der Waals surface area contributed by atoms with Crippen LogP contribution < -0.4 is 9.80 Å². The number of H-pyrrole nitrogens is 1. The zero-order valence-electron chi connectivity index (χ0n) is 14.4. The summed E-state index contributed by atoms with van der Waals surface area (Å²) in [6, 6.07) is 2.61. The van der Waals surface area contributed by atoms with Gasteiger partial charge in [-0.15, -0.1) is 10.2 Å². The van der Waals surface area contributed by atoms with E-state index in [0.29, 0.717) is 6.04 Å². The van der Waals surface area contributed by atoms with Crippen LogP contribution in [0.15, 0.2) is 18.6 Å². The first kappa shape index (κ1) is 15.1. The lowest BCUT2D eigenvalue weighted by molar-refractivity contribution is 0.494. The van der Waals surface area contributed by atoms with E-state index in [1.807, 2.05) is 13.1 Å². The quantitative estimate of drug-likeness (QED) is 0.778. The van der Waals surface area contributed by atoms with Gasteiger partial charge in [-0.25, -0.2) is 9.97 Å². The van der Waals surface area contributed by atoms with Crippen molar-refractivity contribution in [3.8, 4) is 0 Å². The summed E-state index contributed by atoms with van der Waals surface area (Å²) in [5.41, 5.74) is 0.910. The monoisotopic (exact) mass is 355 g/mol. The summed E-state index contributed by atoms with van der Waals surface area (Å²) in [7, 11) is 2.17. The average Bonchev–Trinajstić information content (AvgIpc) is 3.35. The first-order chi connectivity index (χ1) is 12.2. The number of hydrogen-bond acceptors (Lipinski definition) is 7. The molecule has 0 aromatic carbocycles. The second kappa shape index (κ2) is 5.66. The number of aromatic amines is 1. The molecule has 1 aliphatic carbocycles.